The minimum atomic E-state index is 0.896. The summed E-state index contributed by atoms with van der Waals surface area (Å²) in [6.07, 6.45) is 0. The summed E-state index contributed by atoms with van der Waals surface area (Å²) in [5.74, 6) is 2.00. The smallest absolute Gasteiger partial charge is 0.119 e. The molecule has 2 nitrogen and oxygen atoms in total. The van der Waals surface area contributed by atoms with E-state index in [2.05, 4.69) is 11.1 Å². The zero-order valence-corrected chi connectivity index (χ0v) is 8.30. The average Bonchev–Trinajstić information content (AvgIpc) is 2.71. The second-order valence-corrected chi connectivity index (χ2v) is 3.85. The fourth-order valence-electron chi connectivity index (χ4n) is 1.27. The molecule has 0 spiro atoms. The summed E-state index contributed by atoms with van der Waals surface area (Å²) in [6, 6.07) is 8.04. The van der Waals surface area contributed by atoms with E-state index in [-0.39, 0.29) is 0 Å². The third kappa shape index (κ3) is 1.86. The molecular formula is C10H11NOS. The highest BCUT2D eigenvalue weighted by Crippen LogP contribution is 2.21. The Morgan fingerprint density at radius 1 is 1.46 bits per heavy atom. The maximum Gasteiger partial charge on any atom is 0.119 e. The summed E-state index contributed by atoms with van der Waals surface area (Å²) >= 11 is 1.81. The Bertz CT molecular complexity index is 335. The van der Waals surface area contributed by atoms with E-state index in [1.807, 2.05) is 30.0 Å². The van der Waals surface area contributed by atoms with Crippen LogP contribution in [-0.2, 0) is 0 Å². The van der Waals surface area contributed by atoms with Crippen LogP contribution in [-0.4, -0.2) is 24.5 Å². The first-order chi connectivity index (χ1) is 6.40. The fourth-order valence-corrected chi connectivity index (χ4v) is 2.12. The monoisotopic (exact) mass is 193 g/mol. The molecular weight excluding hydrogens is 182 g/mol. The molecule has 0 saturated carbocycles. The first-order valence-corrected chi connectivity index (χ1v) is 5.20. The van der Waals surface area contributed by atoms with Crippen LogP contribution in [0.25, 0.3) is 0 Å². The van der Waals surface area contributed by atoms with Crippen molar-refractivity contribution in [3.63, 3.8) is 0 Å². The number of nitrogens with zero attached hydrogens (tertiary/aromatic N) is 1. The number of hydrogen-bond acceptors (Lipinski definition) is 3. The summed E-state index contributed by atoms with van der Waals surface area (Å²) in [5.41, 5.74) is 1.17. The molecule has 0 radical (unpaired) electrons. The Balaban J connectivity index is 2.29. The van der Waals surface area contributed by atoms with Gasteiger partial charge in [-0.3, -0.25) is 4.99 Å². The molecule has 0 unspecified atom stereocenters. The van der Waals surface area contributed by atoms with E-state index in [1.165, 1.54) is 5.56 Å². The molecule has 1 aromatic rings. The summed E-state index contributed by atoms with van der Waals surface area (Å²) in [5, 5.41) is 1.14. The lowest BCUT2D eigenvalue weighted by Crippen LogP contribution is -1.92. The Morgan fingerprint density at radius 3 is 3.08 bits per heavy atom. The third-order valence-electron chi connectivity index (χ3n) is 1.90. The molecule has 0 saturated heterocycles. The normalized spacial score (nSPS) is 15.6. The molecule has 2 rings (SSSR count). The number of thioether (sulfide) groups is 1. The number of benzene rings is 1. The average molecular weight is 193 g/mol. The predicted octanol–water partition coefficient (Wildman–Crippen LogP) is 2.19. The van der Waals surface area contributed by atoms with Gasteiger partial charge in [0.05, 0.1) is 12.2 Å². The zero-order chi connectivity index (χ0) is 9.10. The topological polar surface area (TPSA) is 21.6 Å². The summed E-state index contributed by atoms with van der Waals surface area (Å²) in [4.78, 5) is 4.41. The SMILES string of the molecule is COc1cccc(C2=NCCS2)c1. The van der Waals surface area contributed by atoms with E-state index in [0.717, 1.165) is 23.1 Å². The van der Waals surface area contributed by atoms with Gasteiger partial charge >= 0.3 is 0 Å². The van der Waals surface area contributed by atoms with Crippen molar-refractivity contribution < 1.29 is 4.74 Å². The van der Waals surface area contributed by atoms with Crippen LogP contribution in [0.1, 0.15) is 5.56 Å². The maximum atomic E-state index is 5.15. The molecule has 1 heterocycles. The molecule has 0 aliphatic carbocycles. The van der Waals surface area contributed by atoms with Crippen molar-refractivity contribution in [2.24, 2.45) is 4.99 Å². The molecule has 0 bridgehead atoms. The highest BCUT2D eigenvalue weighted by Gasteiger charge is 2.09. The molecule has 0 fully saturated rings. The van der Waals surface area contributed by atoms with Crippen molar-refractivity contribution in [3.05, 3.63) is 29.8 Å². The van der Waals surface area contributed by atoms with Crippen molar-refractivity contribution in [2.45, 2.75) is 0 Å². The summed E-state index contributed by atoms with van der Waals surface area (Å²) in [6.45, 7) is 0.942. The lowest BCUT2D eigenvalue weighted by atomic mass is 10.2. The van der Waals surface area contributed by atoms with E-state index in [1.54, 1.807) is 7.11 Å². The van der Waals surface area contributed by atoms with Gasteiger partial charge in [-0.25, -0.2) is 0 Å². The number of aliphatic imine (C=N–C) groups is 1. The van der Waals surface area contributed by atoms with Crippen LogP contribution in [0.2, 0.25) is 0 Å². The van der Waals surface area contributed by atoms with Crippen LogP contribution in [0.4, 0.5) is 0 Å². The quantitative estimate of drug-likeness (QED) is 0.718. The second-order valence-electron chi connectivity index (χ2n) is 2.77. The largest absolute Gasteiger partial charge is 0.497 e. The van der Waals surface area contributed by atoms with Crippen LogP contribution in [0.15, 0.2) is 29.3 Å². The van der Waals surface area contributed by atoms with Crippen LogP contribution < -0.4 is 4.74 Å². The van der Waals surface area contributed by atoms with Crippen molar-refractivity contribution in [2.75, 3.05) is 19.4 Å². The highest BCUT2D eigenvalue weighted by atomic mass is 32.2. The molecule has 1 aliphatic heterocycles. The molecule has 3 heteroatoms. The lowest BCUT2D eigenvalue weighted by molar-refractivity contribution is 0.414. The number of ether oxygens (including phenoxy) is 1. The van der Waals surface area contributed by atoms with E-state index < -0.39 is 0 Å². The van der Waals surface area contributed by atoms with Gasteiger partial charge in [-0.1, -0.05) is 12.1 Å². The Labute approximate surface area is 82.0 Å². The maximum absolute atomic E-state index is 5.15. The van der Waals surface area contributed by atoms with Gasteiger partial charge in [0.1, 0.15) is 5.75 Å². The summed E-state index contributed by atoms with van der Waals surface area (Å²) < 4.78 is 5.15. The van der Waals surface area contributed by atoms with E-state index in [0.29, 0.717) is 0 Å². The molecule has 1 aromatic carbocycles. The van der Waals surface area contributed by atoms with Crippen LogP contribution in [0, 0.1) is 0 Å². The zero-order valence-electron chi connectivity index (χ0n) is 7.49. The van der Waals surface area contributed by atoms with Crippen LogP contribution in [0.3, 0.4) is 0 Å². The third-order valence-corrected chi connectivity index (χ3v) is 2.93. The fraction of sp³-hybridized carbons (Fsp3) is 0.300. The van der Waals surface area contributed by atoms with Gasteiger partial charge in [-0.05, 0) is 12.1 Å². The molecule has 0 aromatic heterocycles. The van der Waals surface area contributed by atoms with Crippen molar-refractivity contribution in [1.82, 2.24) is 0 Å². The van der Waals surface area contributed by atoms with Gasteiger partial charge in [0.15, 0.2) is 0 Å². The van der Waals surface area contributed by atoms with Gasteiger partial charge in [0, 0.05) is 17.9 Å². The van der Waals surface area contributed by atoms with Gasteiger partial charge in [0.2, 0.25) is 0 Å². The Kier molecular flexibility index (Phi) is 2.54. The minimum Gasteiger partial charge on any atom is -0.497 e. The Hall–Kier alpha value is -0.960. The molecule has 0 amide bonds. The molecule has 68 valence electrons. The van der Waals surface area contributed by atoms with Crippen molar-refractivity contribution in [1.29, 1.82) is 0 Å². The second kappa shape index (κ2) is 3.83. The predicted molar refractivity (Wildman–Crippen MR) is 56.9 cm³/mol. The van der Waals surface area contributed by atoms with Crippen molar-refractivity contribution >= 4 is 16.8 Å². The first-order valence-electron chi connectivity index (χ1n) is 4.22. The molecule has 13 heavy (non-hydrogen) atoms. The van der Waals surface area contributed by atoms with E-state index >= 15 is 0 Å². The van der Waals surface area contributed by atoms with E-state index in [4.69, 9.17) is 4.74 Å². The van der Waals surface area contributed by atoms with Gasteiger partial charge in [-0.2, -0.15) is 0 Å². The minimum absolute atomic E-state index is 0.896. The highest BCUT2D eigenvalue weighted by molar-refractivity contribution is 8.14. The standard InChI is InChI=1S/C10H11NOS/c1-12-9-4-2-3-8(7-9)10-11-5-6-13-10/h2-4,7H,5-6H2,1H3. The molecule has 1 aliphatic rings. The van der Waals surface area contributed by atoms with Crippen LogP contribution in [0.5, 0.6) is 5.75 Å². The van der Waals surface area contributed by atoms with E-state index in [9.17, 15) is 0 Å². The van der Waals surface area contributed by atoms with Gasteiger partial charge in [-0.15, -0.1) is 11.8 Å². The summed E-state index contributed by atoms with van der Waals surface area (Å²) in [7, 11) is 1.68. The molecule has 0 atom stereocenters. The Morgan fingerprint density at radius 2 is 2.38 bits per heavy atom. The first kappa shape index (κ1) is 8.63. The van der Waals surface area contributed by atoms with Gasteiger partial charge < -0.3 is 4.74 Å². The number of methoxy groups -OCH3 is 1. The van der Waals surface area contributed by atoms with Crippen LogP contribution >= 0.6 is 11.8 Å². The van der Waals surface area contributed by atoms with Gasteiger partial charge in [0.25, 0.3) is 0 Å². The number of hydrogen-bond donors (Lipinski definition) is 0. The number of rotatable bonds is 2. The molecule has 0 N–H and O–H groups in total. The lowest BCUT2D eigenvalue weighted by Gasteiger charge is -2.02. The van der Waals surface area contributed by atoms with Crippen molar-refractivity contribution in [3.8, 4) is 5.75 Å².